The third-order valence-electron chi connectivity index (χ3n) is 4.59. The van der Waals surface area contributed by atoms with Crippen LogP contribution in [-0.4, -0.2) is 9.97 Å². The molecule has 25 heavy (non-hydrogen) atoms. The molecule has 0 saturated heterocycles. The molecule has 2 nitrogen and oxygen atoms in total. The lowest BCUT2D eigenvalue weighted by atomic mass is 9.86. The van der Waals surface area contributed by atoms with Crippen molar-refractivity contribution in [1.82, 2.24) is 9.97 Å². The van der Waals surface area contributed by atoms with Gasteiger partial charge in [-0.05, 0) is 47.6 Å². The number of nitrogens with zero attached hydrogens (tertiary/aromatic N) is 1. The summed E-state index contributed by atoms with van der Waals surface area (Å²) in [6.45, 7) is 8.27. The van der Waals surface area contributed by atoms with Gasteiger partial charge in [-0.25, -0.2) is 13.8 Å². The van der Waals surface area contributed by atoms with Crippen LogP contribution >= 0.6 is 0 Å². The second kappa shape index (κ2) is 6.95. The first-order valence-corrected chi connectivity index (χ1v) is 8.78. The van der Waals surface area contributed by atoms with Crippen LogP contribution in [0.15, 0.2) is 36.5 Å². The molecule has 0 fully saturated rings. The molecule has 1 N–H and O–H groups in total. The van der Waals surface area contributed by atoms with Crippen LogP contribution in [0.2, 0.25) is 0 Å². The maximum atomic E-state index is 14.5. The van der Waals surface area contributed by atoms with E-state index in [1.807, 2.05) is 32.0 Å². The summed E-state index contributed by atoms with van der Waals surface area (Å²) in [5.41, 5.74) is 3.26. The van der Waals surface area contributed by atoms with Crippen molar-refractivity contribution >= 4 is 11.0 Å². The summed E-state index contributed by atoms with van der Waals surface area (Å²) < 4.78 is 27.9. The first-order valence-electron chi connectivity index (χ1n) is 8.78. The first kappa shape index (κ1) is 17.6. The van der Waals surface area contributed by atoms with Gasteiger partial charge in [0.1, 0.15) is 17.3 Å². The highest BCUT2D eigenvalue weighted by atomic mass is 19.1. The lowest BCUT2D eigenvalue weighted by Gasteiger charge is -2.20. The Bertz CT molecular complexity index is 881. The molecule has 0 aliphatic heterocycles. The van der Waals surface area contributed by atoms with Crippen molar-refractivity contribution in [3.8, 4) is 0 Å². The smallest absolute Gasteiger partial charge is 0.142 e. The van der Waals surface area contributed by atoms with E-state index in [1.54, 1.807) is 6.07 Å². The van der Waals surface area contributed by atoms with Crippen molar-refractivity contribution in [3.05, 3.63) is 65.0 Å². The maximum absolute atomic E-state index is 14.5. The molecule has 0 aliphatic carbocycles. The van der Waals surface area contributed by atoms with Crippen molar-refractivity contribution in [1.29, 1.82) is 0 Å². The van der Waals surface area contributed by atoms with Gasteiger partial charge in [0.25, 0.3) is 0 Å². The summed E-state index contributed by atoms with van der Waals surface area (Å²) >= 11 is 0. The van der Waals surface area contributed by atoms with E-state index in [0.29, 0.717) is 11.6 Å². The molecule has 3 aromatic rings. The van der Waals surface area contributed by atoms with Crippen molar-refractivity contribution in [2.24, 2.45) is 5.92 Å². The highest BCUT2D eigenvalue weighted by Gasteiger charge is 2.20. The average Bonchev–Trinajstić information content (AvgIpc) is 2.94. The molecule has 4 heteroatoms. The SMILES string of the molecule is CC(C)CC(c1ccc(C(C)C)c(F)c1)c1cc2cc(F)cnc2[nH]1. The van der Waals surface area contributed by atoms with Gasteiger partial charge in [-0.3, -0.25) is 0 Å². The Kier molecular flexibility index (Phi) is 4.89. The van der Waals surface area contributed by atoms with Crippen LogP contribution in [0.3, 0.4) is 0 Å². The van der Waals surface area contributed by atoms with Gasteiger partial charge in [0.2, 0.25) is 0 Å². The zero-order valence-electron chi connectivity index (χ0n) is 15.1. The van der Waals surface area contributed by atoms with Gasteiger partial charge in [-0.15, -0.1) is 0 Å². The first-order chi connectivity index (χ1) is 11.8. The summed E-state index contributed by atoms with van der Waals surface area (Å²) in [4.78, 5) is 7.39. The molecular weight excluding hydrogens is 318 g/mol. The fraction of sp³-hybridized carbons (Fsp3) is 0.381. The van der Waals surface area contributed by atoms with E-state index < -0.39 is 0 Å². The molecule has 1 unspecified atom stereocenters. The zero-order chi connectivity index (χ0) is 18.1. The number of hydrogen-bond acceptors (Lipinski definition) is 1. The van der Waals surface area contributed by atoms with Crippen LogP contribution in [0.4, 0.5) is 8.78 Å². The van der Waals surface area contributed by atoms with Crippen molar-refractivity contribution < 1.29 is 8.78 Å². The van der Waals surface area contributed by atoms with Crippen LogP contribution < -0.4 is 0 Å². The van der Waals surface area contributed by atoms with Gasteiger partial charge in [-0.1, -0.05) is 39.8 Å². The summed E-state index contributed by atoms with van der Waals surface area (Å²) in [6, 6.07) is 8.92. The normalized spacial score (nSPS) is 13.1. The molecule has 0 aliphatic rings. The standard InChI is InChI=1S/C21H24F2N2/c1-12(2)7-18(14-5-6-17(13(3)4)19(23)9-14)20-10-15-8-16(22)11-24-21(15)25-20/h5-6,8-13,18H,7H2,1-4H3,(H,24,25). The van der Waals surface area contributed by atoms with E-state index in [1.165, 1.54) is 12.3 Å². The number of nitrogens with one attached hydrogen (secondary N) is 1. The molecule has 1 aromatic carbocycles. The topological polar surface area (TPSA) is 28.7 Å². The van der Waals surface area contributed by atoms with Crippen LogP contribution in [-0.2, 0) is 0 Å². The zero-order valence-corrected chi connectivity index (χ0v) is 15.1. The second-order valence-electron chi connectivity index (χ2n) is 7.43. The summed E-state index contributed by atoms with van der Waals surface area (Å²) in [5.74, 6) is 0.0899. The third-order valence-corrected chi connectivity index (χ3v) is 4.59. The number of rotatable bonds is 5. The number of hydrogen-bond donors (Lipinski definition) is 1. The summed E-state index contributed by atoms with van der Waals surface area (Å²) in [6.07, 6.45) is 2.08. The molecule has 1 atom stereocenters. The lowest BCUT2D eigenvalue weighted by molar-refractivity contribution is 0.531. The molecule has 0 amide bonds. The number of pyridine rings is 1. The number of benzene rings is 1. The molecule has 0 saturated carbocycles. The Balaban J connectivity index is 2.05. The van der Waals surface area contributed by atoms with Crippen LogP contribution in [0.25, 0.3) is 11.0 Å². The van der Waals surface area contributed by atoms with Gasteiger partial charge >= 0.3 is 0 Å². The highest BCUT2D eigenvalue weighted by molar-refractivity contribution is 5.76. The quantitative estimate of drug-likeness (QED) is 0.592. The fourth-order valence-electron chi connectivity index (χ4n) is 3.34. The Labute approximate surface area is 147 Å². The fourth-order valence-corrected chi connectivity index (χ4v) is 3.34. The van der Waals surface area contributed by atoms with E-state index in [4.69, 9.17) is 0 Å². The number of halogens is 2. The van der Waals surface area contributed by atoms with Crippen LogP contribution in [0, 0.1) is 17.6 Å². The molecule has 0 spiro atoms. The largest absolute Gasteiger partial charge is 0.343 e. The van der Waals surface area contributed by atoms with Crippen molar-refractivity contribution in [2.75, 3.05) is 0 Å². The number of H-pyrrole nitrogens is 1. The lowest BCUT2D eigenvalue weighted by Crippen LogP contribution is -2.07. The van der Waals surface area contributed by atoms with E-state index in [0.717, 1.165) is 28.6 Å². The average molecular weight is 342 g/mol. The van der Waals surface area contributed by atoms with E-state index in [-0.39, 0.29) is 23.5 Å². The van der Waals surface area contributed by atoms with Gasteiger partial charge in [-0.2, -0.15) is 0 Å². The number of aromatic amines is 1. The van der Waals surface area contributed by atoms with Crippen molar-refractivity contribution in [3.63, 3.8) is 0 Å². The Morgan fingerprint density at radius 1 is 1.04 bits per heavy atom. The van der Waals surface area contributed by atoms with Crippen LogP contribution in [0.1, 0.15) is 62.8 Å². The van der Waals surface area contributed by atoms with E-state index in [2.05, 4.69) is 23.8 Å². The predicted molar refractivity (Wildman–Crippen MR) is 97.8 cm³/mol. The number of fused-ring (bicyclic) bond motifs is 1. The van der Waals surface area contributed by atoms with Crippen LogP contribution in [0.5, 0.6) is 0 Å². The molecule has 0 radical (unpaired) electrons. The minimum Gasteiger partial charge on any atom is -0.343 e. The van der Waals surface area contributed by atoms with Crippen molar-refractivity contribution in [2.45, 2.75) is 46.0 Å². The molecule has 2 heterocycles. The summed E-state index contributed by atoms with van der Waals surface area (Å²) in [7, 11) is 0. The minimum absolute atomic E-state index is 0.0213. The van der Waals surface area contributed by atoms with E-state index >= 15 is 0 Å². The monoisotopic (exact) mass is 342 g/mol. The Hall–Kier alpha value is -2.23. The molecule has 2 aromatic heterocycles. The van der Waals surface area contributed by atoms with Gasteiger partial charge in [0.05, 0.1) is 6.20 Å². The second-order valence-corrected chi connectivity index (χ2v) is 7.43. The number of aromatic nitrogens is 2. The summed E-state index contributed by atoms with van der Waals surface area (Å²) in [5, 5.41) is 0.739. The molecule has 3 rings (SSSR count). The van der Waals surface area contributed by atoms with Gasteiger partial charge in [0, 0.05) is 17.0 Å². The van der Waals surface area contributed by atoms with Gasteiger partial charge in [0.15, 0.2) is 0 Å². The maximum Gasteiger partial charge on any atom is 0.142 e. The Morgan fingerprint density at radius 2 is 1.80 bits per heavy atom. The highest BCUT2D eigenvalue weighted by Crippen LogP contribution is 2.34. The van der Waals surface area contributed by atoms with E-state index in [9.17, 15) is 8.78 Å². The predicted octanol–water partition coefficient (Wildman–Crippen LogP) is 6.14. The third kappa shape index (κ3) is 3.73. The Morgan fingerprint density at radius 3 is 2.44 bits per heavy atom. The molecule has 0 bridgehead atoms. The van der Waals surface area contributed by atoms with Gasteiger partial charge < -0.3 is 4.98 Å². The minimum atomic E-state index is -0.356. The molecular formula is C21H24F2N2. The molecule has 132 valence electrons.